The number of alkyl halides is 3. The van der Waals surface area contributed by atoms with Gasteiger partial charge in [0, 0.05) is 5.69 Å². The van der Waals surface area contributed by atoms with Crippen LogP contribution in [0.5, 0.6) is 0 Å². The molecule has 0 saturated heterocycles. The van der Waals surface area contributed by atoms with Gasteiger partial charge in [0.25, 0.3) is 5.91 Å². The lowest BCUT2D eigenvalue weighted by Gasteiger charge is -2.11. The van der Waals surface area contributed by atoms with E-state index in [0.29, 0.717) is 11.1 Å². The highest BCUT2D eigenvalue weighted by Gasteiger charge is 2.30. The van der Waals surface area contributed by atoms with E-state index >= 15 is 0 Å². The van der Waals surface area contributed by atoms with Crippen molar-refractivity contribution in [3.05, 3.63) is 65.2 Å². The zero-order chi connectivity index (χ0) is 20.7. The van der Waals surface area contributed by atoms with Gasteiger partial charge < -0.3 is 14.9 Å². The smallest absolute Gasteiger partial charge is 0.416 e. The molecule has 9 heteroatoms. The van der Waals surface area contributed by atoms with E-state index in [4.69, 9.17) is 4.84 Å². The van der Waals surface area contributed by atoms with Gasteiger partial charge in [-0.2, -0.15) is 13.2 Å². The number of oxime groups is 1. The molecular weight excluding hydrogens is 377 g/mol. The van der Waals surface area contributed by atoms with Gasteiger partial charge in [-0.3, -0.25) is 4.79 Å². The van der Waals surface area contributed by atoms with Gasteiger partial charge in [0.2, 0.25) is 6.10 Å². The second kappa shape index (κ2) is 9.03. The van der Waals surface area contributed by atoms with E-state index in [9.17, 15) is 22.8 Å². The Kier molecular flexibility index (Phi) is 6.75. The van der Waals surface area contributed by atoms with Crippen molar-refractivity contribution in [2.45, 2.75) is 19.2 Å². The van der Waals surface area contributed by atoms with Gasteiger partial charge in [0.15, 0.2) is 0 Å². The molecule has 28 heavy (non-hydrogen) atoms. The van der Waals surface area contributed by atoms with Crippen molar-refractivity contribution in [3.8, 4) is 0 Å². The number of hydrogen-bond donors (Lipinski definition) is 1. The first kappa shape index (κ1) is 20.9. The molecule has 2 rings (SSSR count). The molecule has 1 unspecified atom stereocenters. The topological polar surface area (TPSA) is 77.0 Å². The van der Waals surface area contributed by atoms with Crippen molar-refractivity contribution in [1.82, 2.24) is 0 Å². The summed E-state index contributed by atoms with van der Waals surface area (Å²) in [6.45, 7) is 1.44. The minimum Gasteiger partial charge on any atom is -0.465 e. The second-order valence-electron chi connectivity index (χ2n) is 5.66. The standard InChI is InChI=1S/C19H17F3N2O4/c1-12(17(25)24-16-9-7-15(8-10-16)19(20,21)22)28-23-11-13-3-5-14(6-4-13)18(26)27-2/h3-12H,1-2H3,(H,24,25)/b23-11+. The Morgan fingerprint density at radius 2 is 1.68 bits per heavy atom. The van der Waals surface area contributed by atoms with Crippen LogP contribution in [0.4, 0.5) is 18.9 Å². The highest BCUT2D eigenvalue weighted by Crippen LogP contribution is 2.29. The lowest BCUT2D eigenvalue weighted by Crippen LogP contribution is -2.26. The molecule has 0 aliphatic carbocycles. The summed E-state index contributed by atoms with van der Waals surface area (Å²) in [6.07, 6.45) is -4.07. The van der Waals surface area contributed by atoms with Crippen molar-refractivity contribution in [2.75, 3.05) is 12.4 Å². The van der Waals surface area contributed by atoms with E-state index in [1.54, 1.807) is 24.3 Å². The Labute approximate surface area is 158 Å². The maximum atomic E-state index is 12.5. The van der Waals surface area contributed by atoms with E-state index in [2.05, 4.69) is 15.2 Å². The third kappa shape index (κ3) is 5.83. The van der Waals surface area contributed by atoms with Crippen LogP contribution in [-0.4, -0.2) is 31.3 Å². The summed E-state index contributed by atoms with van der Waals surface area (Å²) in [7, 11) is 1.28. The van der Waals surface area contributed by atoms with Crippen molar-refractivity contribution < 1.29 is 32.3 Å². The van der Waals surface area contributed by atoms with Crippen LogP contribution in [-0.2, 0) is 20.5 Å². The number of halogens is 3. The highest BCUT2D eigenvalue weighted by atomic mass is 19.4. The van der Waals surface area contributed by atoms with Gasteiger partial charge in [0.1, 0.15) is 0 Å². The van der Waals surface area contributed by atoms with Crippen LogP contribution < -0.4 is 5.32 Å². The molecule has 0 fully saturated rings. The van der Waals surface area contributed by atoms with Crippen LogP contribution in [0.1, 0.15) is 28.4 Å². The maximum Gasteiger partial charge on any atom is 0.416 e. The van der Waals surface area contributed by atoms with E-state index in [0.717, 1.165) is 24.3 Å². The van der Waals surface area contributed by atoms with E-state index in [1.165, 1.54) is 20.2 Å². The fraction of sp³-hybridized carbons (Fsp3) is 0.211. The zero-order valence-electron chi connectivity index (χ0n) is 15.0. The summed E-state index contributed by atoms with van der Waals surface area (Å²) >= 11 is 0. The number of nitrogens with zero attached hydrogens (tertiary/aromatic N) is 1. The molecule has 0 aromatic heterocycles. The Balaban J connectivity index is 1.88. The number of methoxy groups -OCH3 is 1. The van der Waals surface area contributed by atoms with Crippen molar-refractivity contribution >= 4 is 23.8 Å². The summed E-state index contributed by atoms with van der Waals surface area (Å²) < 4.78 is 42.2. The highest BCUT2D eigenvalue weighted by molar-refractivity contribution is 5.94. The summed E-state index contributed by atoms with van der Waals surface area (Å²) in [5.74, 6) is -1.04. The van der Waals surface area contributed by atoms with E-state index in [-0.39, 0.29) is 5.69 Å². The summed E-state index contributed by atoms with van der Waals surface area (Å²) in [4.78, 5) is 28.4. The minimum absolute atomic E-state index is 0.204. The number of hydrogen-bond acceptors (Lipinski definition) is 5. The minimum atomic E-state index is -4.44. The Morgan fingerprint density at radius 1 is 1.07 bits per heavy atom. The van der Waals surface area contributed by atoms with E-state index in [1.807, 2.05) is 0 Å². The summed E-state index contributed by atoms with van der Waals surface area (Å²) in [5, 5.41) is 6.13. The largest absolute Gasteiger partial charge is 0.465 e. The van der Waals surface area contributed by atoms with Gasteiger partial charge in [0.05, 0.1) is 24.5 Å². The number of esters is 1. The predicted octanol–water partition coefficient (Wildman–Crippen LogP) is 3.87. The SMILES string of the molecule is COC(=O)c1ccc(/C=N/OC(C)C(=O)Nc2ccc(C(F)(F)F)cc2)cc1. The van der Waals surface area contributed by atoms with Gasteiger partial charge in [-0.1, -0.05) is 17.3 Å². The molecule has 1 amide bonds. The predicted molar refractivity (Wildman–Crippen MR) is 96.0 cm³/mol. The van der Waals surface area contributed by atoms with Crippen molar-refractivity contribution in [3.63, 3.8) is 0 Å². The molecule has 2 aromatic carbocycles. The Hall–Kier alpha value is -3.36. The van der Waals surface area contributed by atoms with Crippen LogP contribution in [0.25, 0.3) is 0 Å². The normalized spacial score (nSPS) is 12.5. The molecular formula is C19H17F3N2O4. The molecule has 1 atom stereocenters. The first-order chi connectivity index (χ1) is 13.2. The molecule has 2 aromatic rings. The van der Waals surface area contributed by atoms with E-state index < -0.39 is 29.7 Å². The number of benzene rings is 2. The zero-order valence-corrected chi connectivity index (χ0v) is 15.0. The summed E-state index contributed by atoms with van der Waals surface area (Å²) in [5.41, 5.74) is 0.404. The molecule has 0 radical (unpaired) electrons. The van der Waals surface area contributed by atoms with Crippen molar-refractivity contribution in [1.29, 1.82) is 0 Å². The first-order valence-electron chi connectivity index (χ1n) is 8.06. The number of nitrogens with one attached hydrogen (secondary N) is 1. The number of ether oxygens (including phenoxy) is 1. The monoisotopic (exact) mass is 394 g/mol. The molecule has 0 bridgehead atoms. The number of carbonyl (C=O) groups excluding carboxylic acids is 2. The molecule has 148 valence electrons. The van der Waals surface area contributed by atoms with Crippen LogP contribution in [0.2, 0.25) is 0 Å². The molecule has 0 aliphatic heterocycles. The first-order valence-corrected chi connectivity index (χ1v) is 8.06. The van der Waals surface area contributed by atoms with Crippen molar-refractivity contribution in [2.24, 2.45) is 5.16 Å². The Morgan fingerprint density at radius 3 is 2.21 bits per heavy atom. The molecule has 1 N–H and O–H groups in total. The number of amides is 1. The van der Waals surface area contributed by atoms with Gasteiger partial charge in [-0.25, -0.2) is 4.79 Å². The third-order valence-electron chi connectivity index (χ3n) is 3.60. The van der Waals surface area contributed by atoms with Gasteiger partial charge >= 0.3 is 12.1 Å². The average molecular weight is 394 g/mol. The molecule has 0 heterocycles. The number of anilines is 1. The fourth-order valence-corrected chi connectivity index (χ4v) is 2.04. The second-order valence-corrected chi connectivity index (χ2v) is 5.66. The van der Waals surface area contributed by atoms with Crippen LogP contribution in [0, 0.1) is 0 Å². The lowest BCUT2D eigenvalue weighted by molar-refractivity contribution is -0.137. The maximum absolute atomic E-state index is 12.5. The fourth-order valence-electron chi connectivity index (χ4n) is 2.04. The molecule has 0 saturated carbocycles. The third-order valence-corrected chi connectivity index (χ3v) is 3.60. The average Bonchev–Trinajstić information content (AvgIpc) is 2.67. The van der Waals surface area contributed by atoms with Gasteiger partial charge in [-0.15, -0.1) is 0 Å². The van der Waals surface area contributed by atoms with Crippen LogP contribution >= 0.6 is 0 Å². The van der Waals surface area contributed by atoms with Crippen LogP contribution in [0.3, 0.4) is 0 Å². The summed E-state index contributed by atoms with van der Waals surface area (Å²) in [6, 6.07) is 10.4. The number of rotatable bonds is 6. The quantitative estimate of drug-likeness (QED) is 0.458. The Bertz CT molecular complexity index is 847. The van der Waals surface area contributed by atoms with Crippen LogP contribution in [0.15, 0.2) is 53.7 Å². The molecule has 6 nitrogen and oxygen atoms in total. The molecule has 0 spiro atoms. The number of carbonyl (C=O) groups is 2. The lowest BCUT2D eigenvalue weighted by atomic mass is 10.1. The molecule has 0 aliphatic rings. The van der Waals surface area contributed by atoms with Gasteiger partial charge in [-0.05, 0) is 48.9 Å².